The molecule has 0 saturated carbocycles. The Bertz CT molecular complexity index is 234. The summed E-state index contributed by atoms with van der Waals surface area (Å²) in [5, 5.41) is 3.30. The Morgan fingerprint density at radius 1 is 1.53 bits per heavy atom. The van der Waals surface area contributed by atoms with E-state index < -0.39 is 0 Å². The van der Waals surface area contributed by atoms with Crippen molar-refractivity contribution in [2.45, 2.75) is 39.3 Å². The Morgan fingerprint density at radius 3 is 3.07 bits per heavy atom. The van der Waals surface area contributed by atoms with Crippen LogP contribution in [0.15, 0.2) is 23.0 Å². The maximum absolute atomic E-state index is 5.62. The highest BCUT2D eigenvalue weighted by molar-refractivity contribution is 5.04. The van der Waals surface area contributed by atoms with Crippen LogP contribution < -0.4 is 5.32 Å². The van der Waals surface area contributed by atoms with Gasteiger partial charge in [0.15, 0.2) is 0 Å². The molecule has 1 aromatic rings. The van der Waals surface area contributed by atoms with Crippen LogP contribution >= 0.6 is 0 Å². The Labute approximate surface area is 91.8 Å². The van der Waals surface area contributed by atoms with Crippen LogP contribution in [0, 0.1) is 0 Å². The van der Waals surface area contributed by atoms with Gasteiger partial charge in [-0.1, -0.05) is 13.3 Å². The third-order valence-corrected chi connectivity index (χ3v) is 2.29. The van der Waals surface area contributed by atoms with Gasteiger partial charge in [-0.2, -0.15) is 0 Å². The molecule has 1 aromatic heterocycles. The van der Waals surface area contributed by atoms with Gasteiger partial charge >= 0.3 is 0 Å². The molecule has 0 aliphatic heterocycles. The van der Waals surface area contributed by atoms with E-state index in [1.54, 1.807) is 12.5 Å². The van der Waals surface area contributed by atoms with E-state index in [2.05, 4.69) is 19.2 Å². The number of nitrogens with one attached hydrogen (secondary N) is 1. The molecule has 1 N–H and O–H groups in total. The lowest BCUT2D eigenvalue weighted by Gasteiger charge is -2.11. The predicted octanol–water partition coefficient (Wildman–Crippen LogP) is 2.57. The molecule has 1 unspecified atom stereocenters. The van der Waals surface area contributed by atoms with Gasteiger partial charge in [-0.25, -0.2) is 0 Å². The average molecular weight is 211 g/mol. The number of furan rings is 1. The van der Waals surface area contributed by atoms with Crippen LogP contribution in [0.4, 0.5) is 0 Å². The van der Waals surface area contributed by atoms with Crippen molar-refractivity contribution in [2.24, 2.45) is 0 Å². The molecule has 0 aliphatic carbocycles. The van der Waals surface area contributed by atoms with Crippen LogP contribution in [0.25, 0.3) is 0 Å². The SMILES string of the molecule is CCCC(C)OCCNCc1ccoc1. The van der Waals surface area contributed by atoms with Crippen LogP contribution in [-0.4, -0.2) is 19.3 Å². The van der Waals surface area contributed by atoms with Crippen molar-refractivity contribution in [3.8, 4) is 0 Å². The first-order valence-corrected chi connectivity index (χ1v) is 5.66. The maximum Gasteiger partial charge on any atom is 0.0947 e. The van der Waals surface area contributed by atoms with Crippen molar-refractivity contribution in [3.63, 3.8) is 0 Å². The summed E-state index contributed by atoms with van der Waals surface area (Å²) in [4.78, 5) is 0. The van der Waals surface area contributed by atoms with Crippen molar-refractivity contribution in [2.75, 3.05) is 13.2 Å². The molecule has 0 radical (unpaired) electrons. The molecule has 0 amide bonds. The van der Waals surface area contributed by atoms with Crippen molar-refractivity contribution >= 4 is 0 Å². The van der Waals surface area contributed by atoms with E-state index in [0.717, 1.165) is 26.1 Å². The van der Waals surface area contributed by atoms with Crippen LogP contribution in [0.1, 0.15) is 32.3 Å². The van der Waals surface area contributed by atoms with Gasteiger partial charge in [-0.3, -0.25) is 0 Å². The molecule has 1 heterocycles. The third-order valence-electron chi connectivity index (χ3n) is 2.29. The van der Waals surface area contributed by atoms with E-state index in [1.807, 2.05) is 6.07 Å². The molecule has 15 heavy (non-hydrogen) atoms. The molecule has 0 fully saturated rings. The topological polar surface area (TPSA) is 34.4 Å². The normalized spacial score (nSPS) is 12.9. The highest BCUT2D eigenvalue weighted by Crippen LogP contribution is 2.00. The molecule has 1 atom stereocenters. The minimum atomic E-state index is 0.380. The smallest absolute Gasteiger partial charge is 0.0947 e. The zero-order valence-electron chi connectivity index (χ0n) is 9.66. The second kappa shape index (κ2) is 7.49. The largest absolute Gasteiger partial charge is 0.472 e. The van der Waals surface area contributed by atoms with Gasteiger partial charge in [-0.05, 0) is 19.4 Å². The second-order valence-electron chi connectivity index (χ2n) is 3.78. The van der Waals surface area contributed by atoms with Crippen LogP contribution in [0.5, 0.6) is 0 Å². The van der Waals surface area contributed by atoms with E-state index in [1.165, 1.54) is 12.0 Å². The zero-order chi connectivity index (χ0) is 10.9. The van der Waals surface area contributed by atoms with Gasteiger partial charge in [0.1, 0.15) is 0 Å². The molecule has 0 spiro atoms. The first-order chi connectivity index (χ1) is 7.33. The first kappa shape index (κ1) is 12.3. The Hall–Kier alpha value is -0.800. The number of hydrogen-bond donors (Lipinski definition) is 1. The monoisotopic (exact) mass is 211 g/mol. The van der Waals surface area contributed by atoms with Crippen molar-refractivity contribution in [1.82, 2.24) is 5.32 Å². The third kappa shape index (κ3) is 5.60. The molecule has 0 aromatic carbocycles. The molecular formula is C12H21NO2. The minimum Gasteiger partial charge on any atom is -0.472 e. The van der Waals surface area contributed by atoms with E-state index in [9.17, 15) is 0 Å². The Balaban J connectivity index is 1.93. The van der Waals surface area contributed by atoms with E-state index in [-0.39, 0.29) is 0 Å². The van der Waals surface area contributed by atoms with Crippen molar-refractivity contribution < 1.29 is 9.15 Å². The summed E-state index contributed by atoms with van der Waals surface area (Å²) >= 11 is 0. The quantitative estimate of drug-likeness (QED) is 0.671. The van der Waals surface area contributed by atoms with Crippen LogP contribution in [0.2, 0.25) is 0 Å². The molecular weight excluding hydrogens is 190 g/mol. The fourth-order valence-corrected chi connectivity index (χ4v) is 1.45. The van der Waals surface area contributed by atoms with Crippen molar-refractivity contribution in [3.05, 3.63) is 24.2 Å². The van der Waals surface area contributed by atoms with Crippen LogP contribution in [-0.2, 0) is 11.3 Å². The summed E-state index contributed by atoms with van der Waals surface area (Å²) in [6, 6.07) is 1.97. The lowest BCUT2D eigenvalue weighted by atomic mass is 10.2. The molecule has 3 heteroatoms. The fourth-order valence-electron chi connectivity index (χ4n) is 1.45. The highest BCUT2D eigenvalue weighted by Gasteiger charge is 1.99. The lowest BCUT2D eigenvalue weighted by molar-refractivity contribution is 0.0616. The lowest BCUT2D eigenvalue weighted by Crippen LogP contribution is -2.21. The molecule has 0 bridgehead atoms. The average Bonchev–Trinajstić information content (AvgIpc) is 2.70. The van der Waals surface area contributed by atoms with Gasteiger partial charge in [-0.15, -0.1) is 0 Å². The number of hydrogen-bond acceptors (Lipinski definition) is 3. The standard InChI is InChI=1S/C12H21NO2/c1-3-4-11(2)15-8-6-13-9-12-5-7-14-10-12/h5,7,10-11,13H,3-4,6,8-9H2,1-2H3. The summed E-state index contributed by atoms with van der Waals surface area (Å²) in [6.07, 6.45) is 6.15. The second-order valence-corrected chi connectivity index (χ2v) is 3.78. The summed E-state index contributed by atoms with van der Waals surface area (Å²) < 4.78 is 10.6. The summed E-state index contributed by atoms with van der Waals surface area (Å²) in [5.41, 5.74) is 1.18. The molecule has 86 valence electrons. The van der Waals surface area contributed by atoms with E-state index in [4.69, 9.17) is 9.15 Å². The number of rotatable bonds is 8. The molecule has 3 nitrogen and oxygen atoms in total. The van der Waals surface area contributed by atoms with Gasteiger partial charge < -0.3 is 14.5 Å². The van der Waals surface area contributed by atoms with Crippen molar-refractivity contribution in [1.29, 1.82) is 0 Å². The Morgan fingerprint density at radius 2 is 2.40 bits per heavy atom. The summed E-state index contributed by atoms with van der Waals surface area (Å²) in [6.45, 7) is 6.82. The fraction of sp³-hybridized carbons (Fsp3) is 0.667. The Kier molecular flexibility index (Phi) is 6.12. The van der Waals surface area contributed by atoms with Gasteiger partial charge in [0.25, 0.3) is 0 Å². The molecule has 0 aliphatic rings. The predicted molar refractivity (Wildman–Crippen MR) is 60.7 cm³/mol. The highest BCUT2D eigenvalue weighted by atomic mass is 16.5. The van der Waals surface area contributed by atoms with Crippen LogP contribution in [0.3, 0.4) is 0 Å². The molecule has 0 saturated heterocycles. The summed E-state index contributed by atoms with van der Waals surface area (Å²) in [5.74, 6) is 0. The van der Waals surface area contributed by atoms with Gasteiger partial charge in [0.2, 0.25) is 0 Å². The first-order valence-electron chi connectivity index (χ1n) is 5.66. The molecule has 1 rings (SSSR count). The van der Waals surface area contributed by atoms with E-state index in [0.29, 0.717) is 6.10 Å². The van der Waals surface area contributed by atoms with Gasteiger partial charge in [0, 0.05) is 18.7 Å². The maximum atomic E-state index is 5.62. The summed E-state index contributed by atoms with van der Waals surface area (Å²) in [7, 11) is 0. The minimum absolute atomic E-state index is 0.380. The van der Waals surface area contributed by atoms with Gasteiger partial charge in [0.05, 0.1) is 25.2 Å². The number of ether oxygens (including phenoxy) is 1. The zero-order valence-corrected chi connectivity index (χ0v) is 9.66. The van der Waals surface area contributed by atoms with E-state index >= 15 is 0 Å².